The van der Waals surface area contributed by atoms with Crippen molar-refractivity contribution in [2.24, 2.45) is 0 Å². The summed E-state index contributed by atoms with van der Waals surface area (Å²) in [5, 5.41) is 9.92. The average molecular weight is 320 g/mol. The molecule has 3 aromatic heterocycles. The second kappa shape index (κ2) is 5.90. The average Bonchev–Trinajstić information content (AvgIpc) is 3.06. The standard InChI is InChI=1S/C18H16N4O2/c23-11-5-10-21-12-20-15-14-8-4-9-19-17(14)22(18(24)16(15)21)13-6-2-1-3-7-13/h1-4,6-9,12,23H,5,10-11H2. The third-order valence-corrected chi connectivity index (χ3v) is 4.07. The molecule has 0 saturated carbocycles. The van der Waals surface area contributed by atoms with E-state index in [1.807, 2.05) is 42.5 Å². The second-order valence-electron chi connectivity index (χ2n) is 5.56. The Morgan fingerprint density at radius 3 is 2.67 bits per heavy atom. The van der Waals surface area contributed by atoms with Crippen molar-refractivity contribution in [3.63, 3.8) is 0 Å². The molecular formula is C18H16N4O2. The van der Waals surface area contributed by atoms with E-state index >= 15 is 0 Å². The van der Waals surface area contributed by atoms with Crippen molar-refractivity contribution in [3.05, 3.63) is 65.3 Å². The molecule has 0 amide bonds. The molecule has 0 aliphatic heterocycles. The molecule has 0 fully saturated rings. The summed E-state index contributed by atoms with van der Waals surface area (Å²) in [5.41, 5.74) is 2.38. The summed E-state index contributed by atoms with van der Waals surface area (Å²) >= 11 is 0. The number of hydrogen-bond donors (Lipinski definition) is 1. The van der Waals surface area contributed by atoms with Crippen LogP contribution in [0.25, 0.3) is 27.8 Å². The highest BCUT2D eigenvalue weighted by Gasteiger charge is 2.17. The molecule has 24 heavy (non-hydrogen) atoms. The van der Waals surface area contributed by atoms with Gasteiger partial charge in [-0.3, -0.25) is 9.36 Å². The van der Waals surface area contributed by atoms with E-state index in [0.717, 1.165) is 11.1 Å². The van der Waals surface area contributed by atoms with Gasteiger partial charge in [-0.05, 0) is 30.7 Å². The normalized spacial score (nSPS) is 11.4. The third kappa shape index (κ3) is 2.19. The highest BCUT2D eigenvalue weighted by molar-refractivity contribution is 6.01. The maximum Gasteiger partial charge on any atom is 0.282 e. The highest BCUT2D eigenvalue weighted by Crippen LogP contribution is 2.22. The van der Waals surface area contributed by atoms with Crippen LogP contribution in [0, 0.1) is 0 Å². The monoisotopic (exact) mass is 320 g/mol. The molecule has 0 bridgehead atoms. The van der Waals surface area contributed by atoms with E-state index in [1.54, 1.807) is 21.7 Å². The van der Waals surface area contributed by atoms with Crippen molar-refractivity contribution >= 4 is 22.1 Å². The molecule has 0 aliphatic rings. The lowest BCUT2D eigenvalue weighted by atomic mass is 10.2. The van der Waals surface area contributed by atoms with Gasteiger partial charge in [-0.2, -0.15) is 0 Å². The molecular weight excluding hydrogens is 304 g/mol. The Labute approximate surface area is 137 Å². The van der Waals surface area contributed by atoms with Crippen LogP contribution in [-0.4, -0.2) is 30.8 Å². The first-order valence-electron chi connectivity index (χ1n) is 7.82. The van der Waals surface area contributed by atoms with Gasteiger partial charge in [-0.1, -0.05) is 18.2 Å². The van der Waals surface area contributed by atoms with Gasteiger partial charge in [0.15, 0.2) is 0 Å². The van der Waals surface area contributed by atoms with Crippen LogP contribution < -0.4 is 5.56 Å². The number of rotatable bonds is 4. The summed E-state index contributed by atoms with van der Waals surface area (Å²) in [4.78, 5) is 22.0. The van der Waals surface area contributed by atoms with Crippen LogP contribution in [0.2, 0.25) is 0 Å². The third-order valence-electron chi connectivity index (χ3n) is 4.07. The van der Waals surface area contributed by atoms with Gasteiger partial charge in [0.2, 0.25) is 0 Å². The predicted molar refractivity (Wildman–Crippen MR) is 92.3 cm³/mol. The molecule has 1 N–H and O–H groups in total. The maximum atomic E-state index is 13.2. The van der Waals surface area contributed by atoms with E-state index in [9.17, 15) is 4.79 Å². The van der Waals surface area contributed by atoms with Gasteiger partial charge in [0.05, 0.1) is 12.0 Å². The fourth-order valence-electron chi connectivity index (χ4n) is 2.99. The fraction of sp³-hybridized carbons (Fsp3) is 0.167. The van der Waals surface area contributed by atoms with Crippen LogP contribution >= 0.6 is 0 Å². The van der Waals surface area contributed by atoms with E-state index in [4.69, 9.17) is 5.11 Å². The summed E-state index contributed by atoms with van der Waals surface area (Å²) < 4.78 is 3.43. The van der Waals surface area contributed by atoms with Crippen molar-refractivity contribution < 1.29 is 5.11 Å². The molecule has 6 heteroatoms. The van der Waals surface area contributed by atoms with Gasteiger partial charge >= 0.3 is 0 Å². The second-order valence-corrected chi connectivity index (χ2v) is 5.56. The number of para-hydroxylation sites is 1. The number of benzene rings is 1. The fourth-order valence-corrected chi connectivity index (χ4v) is 2.99. The SMILES string of the molecule is O=c1c2c(ncn2CCCO)c2cccnc2n1-c1ccccc1. The van der Waals surface area contributed by atoms with Gasteiger partial charge in [-0.25, -0.2) is 9.97 Å². The van der Waals surface area contributed by atoms with Gasteiger partial charge in [0.25, 0.3) is 5.56 Å². The zero-order chi connectivity index (χ0) is 16.5. The lowest BCUT2D eigenvalue weighted by molar-refractivity contribution is 0.280. The van der Waals surface area contributed by atoms with Crippen molar-refractivity contribution in [1.29, 1.82) is 0 Å². The Bertz CT molecular complexity index is 1070. The Hall–Kier alpha value is -2.99. The van der Waals surface area contributed by atoms with E-state index in [1.165, 1.54) is 0 Å². The summed E-state index contributed by atoms with van der Waals surface area (Å²) in [6, 6.07) is 13.2. The smallest absolute Gasteiger partial charge is 0.282 e. The number of nitrogens with zero attached hydrogens (tertiary/aromatic N) is 4. The molecule has 3 heterocycles. The molecule has 0 unspecified atom stereocenters. The van der Waals surface area contributed by atoms with E-state index in [2.05, 4.69) is 9.97 Å². The molecule has 120 valence electrons. The molecule has 4 rings (SSSR count). The number of imidazole rings is 1. The van der Waals surface area contributed by atoms with E-state index in [0.29, 0.717) is 29.6 Å². The summed E-state index contributed by atoms with van der Waals surface area (Å²) in [7, 11) is 0. The molecule has 0 atom stereocenters. The number of fused-ring (bicyclic) bond motifs is 3. The van der Waals surface area contributed by atoms with Crippen LogP contribution in [0.5, 0.6) is 0 Å². The molecule has 0 aliphatic carbocycles. The molecule has 6 nitrogen and oxygen atoms in total. The molecule has 0 saturated heterocycles. The number of aryl methyl sites for hydroxylation is 1. The first kappa shape index (κ1) is 14.6. The van der Waals surface area contributed by atoms with Crippen molar-refractivity contribution in [1.82, 2.24) is 19.1 Å². The summed E-state index contributed by atoms with van der Waals surface area (Å²) in [6.07, 6.45) is 3.90. The number of aliphatic hydroxyl groups is 1. The summed E-state index contributed by atoms with van der Waals surface area (Å²) in [6.45, 7) is 0.616. The van der Waals surface area contributed by atoms with Crippen LogP contribution in [0.4, 0.5) is 0 Å². The minimum absolute atomic E-state index is 0.0711. The minimum atomic E-state index is -0.155. The Balaban J connectivity index is 2.13. The summed E-state index contributed by atoms with van der Waals surface area (Å²) in [5.74, 6) is 0. The quantitative estimate of drug-likeness (QED) is 0.625. The maximum absolute atomic E-state index is 13.2. The molecule has 1 aromatic carbocycles. The lowest BCUT2D eigenvalue weighted by Gasteiger charge is -2.11. The number of aromatic nitrogens is 4. The Kier molecular flexibility index (Phi) is 3.59. The first-order chi connectivity index (χ1) is 11.8. The van der Waals surface area contributed by atoms with Crippen LogP contribution in [-0.2, 0) is 6.54 Å². The zero-order valence-electron chi connectivity index (χ0n) is 13.0. The lowest BCUT2D eigenvalue weighted by Crippen LogP contribution is -2.22. The number of pyridine rings is 2. The van der Waals surface area contributed by atoms with Gasteiger partial charge < -0.3 is 9.67 Å². The molecule has 4 aromatic rings. The Morgan fingerprint density at radius 2 is 1.88 bits per heavy atom. The van der Waals surface area contributed by atoms with Crippen molar-refractivity contribution in [3.8, 4) is 5.69 Å². The number of aliphatic hydroxyl groups excluding tert-OH is 1. The highest BCUT2D eigenvalue weighted by atomic mass is 16.3. The minimum Gasteiger partial charge on any atom is -0.396 e. The van der Waals surface area contributed by atoms with Gasteiger partial charge in [0.1, 0.15) is 16.7 Å². The van der Waals surface area contributed by atoms with E-state index < -0.39 is 0 Å². The molecule has 0 spiro atoms. The topological polar surface area (TPSA) is 72.9 Å². The first-order valence-corrected chi connectivity index (χ1v) is 7.82. The van der Waals surface area contributed by atoms with Gasteiger partial charge in [-0.15, -0.1) is 0 Å². The largest absolute Gasteiger partial charge is 0.396 e. The Morgan fingerprint density at radius 1 is 1.04 bits per heavy atom. The van der Waals surface area contributed by atoms with Crippen LogP contribution in [0.15, 0.2) is 59.8 Å². The zero-order valence-corrected chi connectivity index (χ0v) is 13.0. The molecule has 0 radical (unpaired) electrons. The van der Waals surface area contributed by atoms with Crippen LogP contribution in [0.1, 0.15) is 6.42 Å². The van der Waals surface area contributed by atoms with Gasteiger partial charge in [0, 0.05) is 24.7 Å². The van der Waals surface area contributed by atoms with Crippen molar-refractivity contribution in [2.45, 2.75) is 13.0 Å². The van der Waals surface area contributed by atoms with Crippen LogP contribution in [0.3, 0.4) is 0 Å². The predicted octanol–water partition coefficient (Wildman–Crippen LogP) is 2.12. The van der Waals surface area contributed by atoms with E-state index in [-0.39, 0.29) is 12.2 Å². The van der Waals surface area contributed by atoms with Crippen molar-refractivity contribution in [2.75, 3.05) is 6.61 Å². The number of hydrogen-bond acceptors (Lipinski definition) is 4.